The zero-order valence-electron chi connectivity index (χ0n) is 48.9. The molecule has 0 aromatic heterocycles. The Morgan fingerprint density at radius 1 is 0.288 bits per heavy atom. The largest absolute Gasteiger partial charge is 0.462 e. The number of carbonyl (C=O) groups is 3. The van der Waals surface area contributed by atoms with Crippen molar-refractivity contribution in [1.29, 1.82) is 0 Å². The molecule has 0 aromatic rings. The highest BCUT2D eigenvalue weighted by molar-refractivity contribution is 5.71. The standard InChI is InChI=1S/C67H122O6/c1-4-7-10-13-16-19-22-25-27-29-30-31-32-33-34-35-36-37-39-40-42-45-48-51-54-57-60-66(69)72-63-64(62-71-65(68)59-56-53-50-47-44-24-21-18-15-12-9-6-3)73-67(70)61-58-55-52-49-46-43-41-38-28-26-23-20-17-14-11-8-5-2/h8,11,17-18,20-21,26,28,64H,4-7,9-10,12-16,19,22-25,27,29-63H2,1-3H3/b11-8-,20-17-,21-18-,28-26-. The zero-order valence-corrected chi connectivity index (χ0v) is 48.9. The van der Waals surface area contributed by atoms with Crippen LogP contribution in [0.5, 0.6) is 0 Å². The van der Waals surface area contributed by atoms with E-state index in [1.807, 2.05) is 0 Å². The number of ether oxygens (including phenoxy) is 3. The summed E-state index contributed by atoms with van der Waals surface area (Å²) in [7, 11) is 0. The maximum Gasteiger partial charge on any atom is 0.306 e. The molecule has 6 nitrogen and oxygen atoms in total. The van der Waals surface area contributed by atoms with Crippen LogP contribution in [0.1, 0.15) is 342 Å². The van der Waals surface area contributed by atoms with Crippen LogP contribution in [0, 0.1) is 0 Å². The number of unbranched alkanes of at least 4 members (excludes halogenated alkanes) is 40. The van der Waals surface area contributed by atoms with Gasteiger partial charge in [-0.15, -0.1) is 0 Å². The molecule has 0 N–H and O–H groups in total. The SMILES string of the molecule is CC/C=C\C/C=C\C/C=C\CCCCCCCCCC(=O)OC(COC(=O)CCCCCCC/C=C\CCCCC)COC(=O)CCCCCCCCCCCCCCCCCCCCCCCCCCCC. The van der Waals surface area contributed by atoms with E-state index in [-0.39, 0.29) is 31.1 Å². The molecule has 0 aromatic carbocycles. The maximum atomic E-state index is 12.9. The summed E-state index contributed by atoms with van der Waals surface area (Å²) in [6.45, 7) is 6.54. The first kappa shape index (κ1) is 70.4. The van der Waals surface area contributed by atoms with Gasteiger partial charge in [-0.05, 0) is 77.0 Å². The van der Waals surface area contributed by atoms with Gasteiger partial charge in [0.25, 0.3) is 0 Å². The fraction of sp³-hybridized carbons (Fsp3) is 0.836. The van der Waals surface area contributed by atoms with E-state index in [9.17, 15) is 14.4 Å². The first-order valence-electron chi connectivity index (χ1n) is 32.1. The second-order valence-electron chi connectivity index (χ2n) is 21.6. The molecule has 6 heteroatoms. The van der Waals surface area contributed by atoms with Crippen LogP contribution < -0.4 is 0 Å². The van der Waals surface area contributed by atoms with Crippen molar-refractivity contribution in [1.82, 2.24) is 0 Å². The summed E-state index contributed by atoms with van der Waals surface area (Å²) >= 11 is 0. The molecule has 0 aliphatic carbocycles. The van der Waals surface area contributed by atoms with Crippen molar-refractivity contribution in [2.75, 3.05) is 13.2 Å². The van der Waals surface area contributed by atoms with Gasteiger partial charge in [-0.2, -0.15) is 0 Å². The van der Waals surface area contributed by atoms with Crippen LogP contribution >= 0.6 is 0 Å². The first-order chi connectivity index (χ1) is 36.0. The van der Waals surface area contributed by atoms with Crippen LogP contribution in [-0.4, -0.2) is 37.2 Å². The van der Waals surface area contributed by atoms with E-state index in [1.54, 1.807) is 0 Å². The third kappa shape index (κ3) is 60.1. The van der Waals surface area contributed by atoms with Crippen LogP contribution in [0.15, 0.2) is 48.6 Å². The molecule has 0 heterocycles. The molecule has 1 unspecified atom stereocenters. The number of rotatable bonds is 59. The van der Waals surface area contributed by atoms with E-state index >= 15 is 0 Å². The van der Waals surface area contributed by atoms with E-state index in [0.29, 0.717) is 19.3 Å². The number of esters is 3. The number of hydrogen-bond acceptors (Lipinski definition) is 6. The molecule has 426 valence electrons. The molecule has 0 bridgehead atoms. The smallest absolute Gasteiger partial charge is 0.306 e. The van der Waals surface area contributed by atoms with Crippen molar-refractivity contribution < 1.29 is 28.6 Å². The van der Waals surface area contributed by atoms with Crippen LogP contribution in [0.3, 0.4) is 0 Å². The van der Waals surface area contributed by atoms with Gasteiger partial charge in [-0.3, -0.25) is 14.4 Å². The van der Waals surface area contributed by atoms with Crippen LogP contribution in [0.2, 0.25) is 0 Å². The minimum atomic E-state index is -0.780. The monoisotopic (exact) mass is 1020 g/mol. The highest BCUT2D eigenvalue weighted by Crippen LogP contribution is 2.18. The Bertz CT molecular complexity index is 1270. The summed E-state index contributed by atoms with van der Waals surface area (Å²) in [4.78, 5) is 38.2. The van der Waals surface area contributed by atoms with E-state index in [0.717, 1.165) is 89.9 Å². The first-order valence-corrected chi connectivity index (χ1v) is 32.1. The lowest BCUT2D eigenvalue weighted by Gasteiger charge is -2.18. The highest BCUT2D eigenvalue weighted by atomic mass is 16.6. The van der Waals surface area contributed by atoms with Gasteiger partial charge < -0.3 is 14.2 Å². The Hall–Kier alpha value is -2.63. The predicted molar refractivity (Wildman–Crippen MR) is 316 cm³/mol. The van der Waals surface area contributed by atoms with Crippen molar-refractivity contribution >= 4 is 17.9 Å². The molecule has 0 rings (SSSR count). The van der Waals surface area contributed by atoms with Crippen molar-refractivity contribution in [2.24, 2.45) is 0 Å². The molecule has 0 amide bonds. The van der Waals surface area contributed by atoms with Gasteiger partial charge in [0.15, 0.2) is 6.10 Å². The quantitative estimate of drug-likeness (QED) is 0.0261. The molecule has 1 atom stereocenters. The van der Waals surface area contributed by atoms with Gasteiger partial charge in [0.2, 0.25) is 0 Å². The summed E-state index contributed by atoms with van der Waals surface area (Å²) in [6, 6.07) is 0. The Labute approximate surface area is 454 Å². The molecule has 0 fully saturated rings. The average molecular weight is 1020 g/mol. The third-order valence-electron chi connectivity index (χ3n) is 14.3. The lowest BCUT2D eigenvalue weighted by molar-refractivity contribution is -0.167. The van der Waals surface area contributed by atoms with Gasteiger partial charge in [-0.1, -0.05) is 294 Å². The second-order valence-corrected chi connectivity index (χ2v) is 21.6. The number of hydrogen-bond donors (Lipinski definition) is 0. The topological polar surface area (TPSA) is 78.9 Å². The predicted octanol–water partition coefficient (Wildman–Crippen LogP) is 21.8. The van der Waals surface area contributed by atoms with Gasteiger partial charge >= 0.3 is 17.9 Å². The Morgan fingerprint density at radius 2 is 0.534 bits per heavy atom. The normalized spacial score (nSPS) is 12.3. The molecular weight excluding hydrogens is 901 g/mol. The Kier molecular flexibility index (Phi) is 59.7. The summed E-state index contributed by atoms with van der Waals surface area (Å²) in [5.41, 5.74) is 0. The maximum absolute atomic E-state index is 12.9. The second kappa shape index (κ2) is 61.9. The van der Waals surface area contributed by atoms with Crippen molar-refractivity contribution in [2.45, 2.75) is 348 Å². The average Bonchev–Trinajstić information content (AvgIpc) is 3.39. The lowest BCUT2D eigenvalue weighted by Crippen LogP contribution is -2.30. The van der Waals surface area contributed by atoms with Gasteiger partial charge in [0, 0.05) is 19.3 Å². The zero-order chi connectivity index (χ0) is 52.9. The lowest BCUT2D eigenvalue weighted by atomic mass is 10.0. The Morgan fingerprint density at radius 3 is 0.877 bits per heavy atom. The minimum Gasteiger partial charge on any atom is -0.462 e. The molecule has 0 aliphatic heterocycles. The van der Waals surface area contributed by atoms with Crippen molar-refractivity contribution in [3.8, 4) is 0 Å². The molecule has 0 radical (unpaired) electrons. The number of carbonyl (C=O) groups excluding carboxylic acids is 3. The molecule has 73 heavy (non-hydrogen) atoms. The van der Waals surface area contributed by atoms with Crippen LogP contribution in [0.25, 0.3) is 0 Å². The van der Waals surface area contributed by atoms with E-state index in [1.165, 1.54) is 212 Å². The summed E-state index contributed by atoms with van der Waals surface area (Å²) in [5, 5.41) is 0. The minimum absolute atomic E-state index is 0.0765. The van der Waals surface area contributed by atoms with Crippen molar-refractivity contribution in [3.63, 3.8) is 0 Å². The van der Waals surface area contributed by atoms with Gasteiger partial charge in [0.1, 0.15) is 13.2 Å². The Balaban J connectivity index is 4.21. The number of allylic oxidation sites excluding steroid dienone is 8. The fourth-order valence-corrected chi connectivity index (χ4v) is 9.51. The van der Waals surface area contributed by atoms with Crippen LogP contribution in [-0.2, 0) is 28.6 Å². The summed E-state index contributed by atoms with van der Waals surface area (Å²) < 4.78 is 16.9. The third-order valence-corrected chi connectivity index (χ3v) is 14.3. The molecule has 0 spiro atoms. The summed E-state index contributed by atoms with van der Waals surface area (Å²) in [5.74, 6) is -0.877. The fourth-order valence-electron chi connectivity index (χ4n) is 9.51. The van der Waals surface area contributed by atoms with Crippen LogP contribution in [0.4, 0.5) is 0 Å². The van der Waals surface area contributed by atoms with Crippen molar-refractivity contribution in [3.05, 3.63) is 48.6 Å². The molecule has 0 saturated carbocycles. The van der Waals surface area contributed by atoms with E-state index in [4.69, 9.17) is 14.2 Å². The molecule has 0 saturated heterocycles. The van der Waals surface area contributed by atoms with Gasteiger partial charge in [0.05, 0.1) is 0 Å². The highest BCUT2D eigenvalue weighted by Gasteiger charge is 2.19. The van der Waals surface area contributed by atoms with E-state index < -0.39 is 6.10 Å². The molecule has 0 aliphatic rings. The van der Waals surface area contributed by atoms with E-state index in [2.05, 4.69) is 69.4 Å². The molecular formula is C67H122O6. The van der Waals surface area contributed by atoms with Gasteiger partial charge in [-0.25, -0.2) is 0 Å². The summed E-state index contributed by atoms with van der Waals surface area (Å²) in [6.07, 6.45) is 77.0.